The minimum Gasteiger partial charge on any atom is -0.350 e. The lowest BCUT2D eigenvalue weighted by Crippen LogP contribution is -2.29. The largest absolute Gasteiger partial charge is 0.350 e. The molecule has 70 valence electrons. The van der Waals surface area contributed by atoms with Crippen molar-refractivity contribution in [3.63, 3.8) is 0 Å². The molecule has 2 nitrogen and oxygen atoms in total. The van der Waals surface area contributed by atoms with E-state index in [0.29, 0.717) is 5.41 Å². The van der Waals surface area contributed by atoms with Gasteiger partial charge in [-0.15, -0.1) is 0 Å². The summed E-state index contributed by atoms with van der Waals surface area (Å²) in [4.78, 5) is 0. The van der Waals surface area contributed by atoms with Crippen molar-refractivity contribution >= 4 is 15.9 Å². The van der Waals surface area contributed by atoms with Gasteiger partial charge < -0.3 is 9.47 Å². The second-order valence-electron chi connectivity index (χ2n) is 4.40. The number of hydrogen-bond acceptors (Lipinski definition) is 2. The van der Waals surface area contributed by atoms with Gasteiger partial charge >= 0.3 is 0 Å². The summed E-state index contributed by atoms with van der Waals surface area (Å²) in [7, 11) is 0. The smallest absolute Gasteiger partial charge is 0.162 e. The molecule has 2 rings (SSSR count). The maximum Gasteiger partial charge on any atom is 0.162 e. The van der Waals surface area contributed by atoms with Crippen LogP contribution in [0.4, 0.5) is 0 Å². The summed E-state index contributed by atoms with van der Waals surface area (Å²) < 4.78 is 11.3. The van der Waals surface area contributed by atoms with Gasteiger partial charge in [0.05, 0.1) is 13.2 Å². The lowest BCUT2D eigenvalue weighted by atomic mass is 10.1. The Morgan fingerprint density at radius 3 is 2.83 bits per heavy atom. The Hall–Kier alpha value is 0.400. The number of fused-ring (bicyclic) bond motifs is 1. The minimum absolute atomic E-state index is 0.372. The molecule has 1 aliphatic carbocycles. The van der Waals surface area contributed by atoms with Crippen LogP contribution in [0.3, 0.4) is 0 Å². The SMILES string of the molecule is CC1(C)OCC2CC2(CBr)CO1. The van der Waals surface area contributed by atoms with Crippen LogP contribution in [0.25, 0.3) is 0 Å². The van der Waals surface area contributed by atoms with Crippen molar-refractivity contribution in [3.05, 3.63) is 0 Å². The number of halogens is 1. The highest BCUT2D eigenvalue weighted by atomic mass is 79.9. The Morgan fingerprint density at radius 2 is 2.17 bits per heavy atom. The monoisotopic (exact) mass is 234 g/mol. The summed E-state index contributed by atoms with van der Waals surface area (Å²) in [6, 6.07) is 0. The highest BCUT2D eigenvalue weighted by molar-refractivity contribution is 9.09. The normalized spacial score (nSPS) is 44.8. The van der Waals surface area contributed by atoms with E-state index in [1.807, 2.05) is 13.8 Å². The molecule has 0 amide bonds. The van der Waals surface area contributed by atoms with E-state index in [1.165, 1.54) is 6.42 Å². The molecule has 2 fully saturated rings. The topological polar surface area (TPSA) is 18.5 Å². The molecule has 12 heavy (non-hydrogen) atoms. The fourth-order valence-corrected chi connectivity index (χ4v) is 2.56. The van der Waals surface area contributed by atoms with Crippen LogP contribution >= 0.6 is 15.9 Å². The molecule has 2 atom stereocenters. The first-order chi connectivity index (χ1) is 5.58. The maximum atomic E-state index is 5.69. The third kappa shape index (κ3) is 1.42. The van der Waals surface area contributed by atoms with Gasteiger partial charge in [-0.3, -0.25) is 0 Å². The van der Waals surface area contributed by atoms with Gasteiger partial charge in [-0.25, -0.2) is 0 Å². The molecular formula is C9H15BrO2. The predicted molar refractivity (Wildman–Crippen MR) is 50.3 cm³/mol. The average molecular weight is 235 g/mol. The van der Waals surface area contributed by atoms with E-state index in [2.05, 4.69) is 15.9 Å². The van der Waals surface area contributed by atoms with Crippen LogP contribution in [-0.4, -0.2) is 24.3 Å². The maximum absolute atomic E-state index is 5.69. The van der Waals surface area contributed by atoms with E-state index >= 15 is 0 Å². The predicted octanol–water partition coefficient (Wildman–Crippen LogP) is 2.17. The summed E-state index contributed by atoms with van der Waals surface area (Å²) in [6.45, 7) is 5.67. The summed E-state index contributed by atoms with van der Waals surface area (Å²) in [5, 5.41) is 1.05. The van der Waals surface area contributed by atoms with Crippen LogP contribution in [0, 0.1) is 11.3 Å². The molecule has 1 saturated carbocycles. The number of ether oxygens (including phenoxy) is 2. The first-order valence-corrected chi connectivity index (χ1v) is 5.54. The van der Waals surface area contributed by atoms with E-state index in [1.54, 1.807) is 0 Å². The fourth-order valence-electron chi connectivity index (χ4n) is 1.71. The summed E-state index contributed by atoms with van der Waals surface area (Å²) >= 11 is 3.55. The molecule has 0 N–H and O–H groups in total. The minimum atomic E-state index is -0.372. The first-order valence-electron chi connectivity index (χ1n) is 4.42. The second kappa shape index (κ2) is 2.69. The van der Waals surface area contributed by atoms with Crippen molar-refractivity contribution in [2.75, 3.05) is 18.5 Å². The van der Waals surface area contributed by atoms with Crippen molar-refractivity contribution < 1.29 is 9.47 Å². The third-order valence-electron chi connectivity index (χ3n) is 2.96. The van der Waals surface area contributed by atoms with Crippen molar-refractivity contribution in [1.29, 1.82) is 0 Å². The van der Waals surface area contributed by atoms with Crippen molar-refractivity contribution in [3.8, 4) is 0 Å². The van der Waals surface area contributed by atoms with Crippen LogP contribution in [0.15, 0.2) is 0 Å². The van der Waals surface area contributed by atoms with Gasteiger partial charge in [-0.1, -0.05) is 15.9 Å². The Kier molecular flexibility index (Phi) is 2.01. The quantitative estimate of drug-likeness (QED) is 0.648. The van der Waals surface area contributed by atoms with Crippen LogP contribution in [0.2, 0.25) is 0 Å². The van der Waals surface area contributed by atoms with Crippen molar-refractivity contribution in [2.24, 2.45) is 11.3 Å². The molecule has 2 aliphatic rings. The highest BCUT2D eigenvalue weighted by Gasteiger charge is 2.56. The number of hydrogen-bond donors (Lipinski definition) is 0. The van der Waals surface area contributed by atoms with E-state index in [4.69, 9.17) is 9.47 Å². The molecule has 1 saturated heterocycles. The zero-order valence-electron chi connectivity index (χ0n) is 7.60. The second-order valence-corrected chi connectivity index (χ2v) is 4.96. The standard InChI is InChI=1S/C9H15BrO2/c1-8(2)11-4-7-3-9(7,5-10)6-12-8/h7H,3-6H2,1-2H3. The molecule has 3 heteroatoms. The van der Waals surface area contributed by atoms with Gasteiger partial charge in [-0.05, 0) is 26.2 Å². The zero-order valence-corrected chi connectivity index (χ0v) is 9.19. The Morgan fingerprint density at radius 1 is 1.42 bits per heavy atom. The van der Waals surface area contributed by atoms with Gasteiger partial charge in [0.2, 0.25) is 0 Å². The van der Waals surface area contributed by atoms with Gasteiger partial charge in [0.1, 0.15) is 0 Å². The van der Waals surface area contributed by atoms with Crippen LogP contribution < -0.4 is 0 Å². The molecule has 1 aliphatic heterocycles. The van der Waals surface area contributed by atoms with E-state index in [-0.39, 0.29) is 5.79 Å². The molecule has 0 aromatic rings. The lowest BCUT2D eigenvalue weighted by molar-refractivity contribution is -0.208. The number of alkyl halides is 1. The molecule has 0 aromatic carbocycles. The van der Waals surface area contributed by atoms with Gasteiger partial charge in [0.15, 0.2) is 5.79 Å². The first kappa shape index (κ1) is 8.97. The van der Waals surface area contributed by atoms with Crippen molar-refractivity contribution in [2.45, 2.75) is 26.1 Å². The van der Waals surface area contributed by atoms with Crippen LogP contribution in [-0.2, 0) is 9.47 Å². The fraction of sp³-hybridized carbons (Fsp3) is 1.00. The average Bonchev–Trinajstić information content (AvgIpc) is 2.73. The van der Waals surface area contributed by atoms with E-state index < -0.39 is 0 Å². The van der Waals surface area contributed by atoms with Gasteiger partial charge in [0, 0.05) is 10.7 Å². The summed E-state index contributed by atoms with van der Waals surface area (Å²) in [5.74, 6) is 0.349. The number of rotatable bonds is 1. The van der Waals surface area contributed by atoms with Gasteiger partial charge in [0.25, 0.3) is 0 Å². The highest BCUT2D eigenvalue weighted by Crippen LogP contribution is 2.56. The molecule has 0 aromatic heterocycles. The molecular weight excluding hydrogens is 220 g/mol. The Labute approximate surface area is 81.7 Å². The molecule has 1 heterocycles. The van der Waals surface area contributed by atoms with E-state index in [0.717, 1.165) is 24.5 Å². The summed E-state index contributed by atoms with van der Waals surface area (Å²) in [6.07, 6.45) is 1.26. The molecule has 0 bridgehead atoms. The Bertz CT molecular complexity index is 193. The van der Waals surface area contributed by atoms with Crippen LogP contribution in [0.1, 0.15) is 20.3 Å². The molecule has 2 unspecified atom stereocenters. The third-order valence-corrected chi connectivity index (χ3v) is 4.08. The van der Waals surface area contributed by atoms with Gasteiger partial charge in [-0.2, -0.15) is 0 Å². The van der Waals surface area contributed by atoms with Crippen LogP contribution in [0.5, 0.6) is 0 Å². The molecule has 0 radical (unpaired) electrons. The van der Waals surface area contributed by atoms with Crippen molar-refractivity contribution in [1.82, 2.24) is 0 Å². The molecule has 0 spiro atoms. The Balaban J connectivity index is 2.02. The van der Waals surface area contributed by atoms with E-state index in [9.17, 15) is 0 Å². The lowest BCUT2D eigenvalue weighted by Gasteiger charge is -2.24. The summed E-state index contributed by atoms with van der Waals surface area (Å²) in [5.41, 5.74) is 0.397. The zero-order chi connectivity index (χ0) is 8.82.